The first-order valence-electron chi connectivity index (χ1n) is 6.96. The van der Waals surface area contributed by atoms with E-state index in [2.05, 4.69) is 0 Å². The van der Waals surface area contributed by atoms with Gasteiger partial charge in [-0.2, -0.15) is 0 Å². The van der Waals surface area contributed by atoms with Gasteiger partial charge in [-0.05, 0) is 30.9 Å². The van der Waals surface area contributed by atoms with Crippen molar-refractivity contribution in [3.8, 4) is 0 Å². The Morgan fingerprint density at radius 3 is 2.33 bits per heavy atom. The van der Waals surface area contributed by atoms with Gasteiger partial charge in [0.1, 0.15) is 5.25 Å². The Morgan fingerprint density at radius 1 is 1.14 bits per heavy atom. The zero-order valence-corrected chi connectivity index (χ0v) is 13.8. The molecule has 0 N–H and O–H groups in total. The molecule has 1 heterocycles. The highest BCUT2D eigenvalue weighted by molar-refractivity contribution is 7.88. The fourth-order valence-electron chi connectivity index (χ4n) is 2.18. The molecule has 1 aromatic carbocycles. The number of hydrogen-bond donors (Lipinski definition) is 0. The van der Waals surface area contributed by atoms with Crippen LogP contribution in [0.25, 0.3) is 0 Å². The lowest BCUT2D eigenvalue weighted by Crippen LogP contribution is -2.36. The Kier molecular flexibility index (Phi) is 5.70. The Bertz CT molecular complexity index is 592. The van der Waals surface area contributed by atoms with Gasteiger partial charge in [0, 0.05) is 13.1 Å². The minimum Gasteiger partial charge on any atom is -0.342 e. The number of carbonyl (C=O) groups excluding carboxylic acids is 1. The first-order chi connectivity index (χ1) is 10.2. The number of rotatable bonds is 6. The number of nitrogens with zero attached hydrogens (tertiary/aromatic N) is 1. The van der Waals surface area contributed by atoms with E-state index in [-0.39, 0.29) is 5.91 Å². The normalized spacial score (nSPS) is 13.6. The second-order valence-electron chi connectivity index (χ2n) is 4.53. The Morgan fingerprint density at radius 2 is 1.81 bits per heavy atom. The van der Waals surface area contributed by atoms with Gasteiger partial charge in [-0.3, -0.25) is 9.00 Å². The summed E-state index contributed by atoms with van der Waals surface area (Å²) in [6, 6.07) is 13.1. The number of likely N-dealkylation sites (N-methyl/N-ethyl adjacent to an activating group) is 1. The quantitative estimate of drug-likeness (QED) is 0.817. The van der Waals surface area contributed by atoms with Crippen LogP contribution in [0.2, 0.25) is 0 Å². The molecule has 0 fully saturated rings. The number of benzene rings is 1. The molecule has 0 spiro atoms. The molecule has 2 rings (SSSR count). The third kappa shape index (κ3) is 3.60. The topological polar surface area (TPSA) is 37.4 Å². The molecule has 2 aromatic rings. The molecular formula is C16H19NO2S2. The van der Waals surface area contributed by atoms with Crippen molar-refractivity contribution in [1.29, 1.82) is 0 Å². The monoisotopic (exact) mass is 321 g/mol. The van der Waals surface area contributed by atoms with E-state index in [1.165, 1.54) is 11.3 Å². The van der Waals surface area contributed by atoms with Gasteiger partial charge in [0.05, 0.1) is 15.0 Å². The molecule has 0 saturated heterocycles. The molecule has 0 bridgehead atoms. The molecule has 21 heavy (non-hydrogen) atoms. The van der Waals surface area contributed by atoms with Crippen molar-refractivity contribution in [3.63, 3.8) is 0 Å². The van der Waals surface area contributed by atoms with Crippen molar-refractivity contribution < 1.29 is 9.00 Å². The summed E-state index contributed by atoms with van der Waals surface area (Å²) in [7, 11) is -1.37. The van der Waals surface area contributed by atoms with E-state index in [0.29, 0.717) is 13.1 Å². The summed E-state index contributed by atoms with van der Waals surface area (Å²) in [5, 5.41) is 1.25. The third-order valence-electron chi connectivity index (χ3n) is 3.31. The summed E-state index contributed by atoms with van der Waals surface area (Å²) in [5.41, 5.74) is 0.807. The first kappa shape index (κ1) is 15.9. The summed E-state index contributed by atoms with van der Waals surface area (Å²) in [6.45, 7) is 5.13. The van der Waals surface area contributed by atoms with E-state index >= 15 is 0 Å². The van der Waals surface area contributed by atoms with Gasteiger partial charge in [0.15, 0.2) is 0 Å². The fourth-order valence-corrected chi connectivity index (χ4v) is 4.65. The smallest absolute Gasteiger partial charge is 0.243 e. The number of amides is 1. The van der Waals surface area contributed by atoms with Crippen molar-refractivity contribution in [2.75, 3.05) is 13.1 Å². The lowest BCUT2D eigenvalue weighted by Gasteiger charge is -2.24. The Labute approximate surface area is 132 Å². The summed E-state index contributed by atoms with van der Waals surface area (Å²) < 4.78 is 13.6. The van der Waals surface area contributed by atoms with Crippen LogP contribution in [0.3, 0.4) is 0 Å². The minimum atomic E-state index is -1.37. The Hall–Kier alpha value is -1.46. The highest BCUT2D eigenvalue weighted by Crippen LogP contribution is 2.29. The van der Waals surface area contributed by atoms with E-state index in [1.54, 1.807) is 4.90 Å². The van der Waals surface area contributed by atoms with Crippen molar-refractivity contribution in [1.82, 2.24) is 4.90 Å². The van der Waals surface area contributed by atoms with Crippen LogP contribution < -0.4 is 0 Å². The molecule has 0 saturated carbocycles. The van der Waals surface area contributed by atoms with Crippen LogP contribution in [0.1, 0.15) is 24.7 Å². The van der Waals surface area contributed by atoms with E-state index in [9.17, 15) is 9.00 Å². The maximum Gasteiger partial charge on any atom is 0.243 e. The predicted octanol–water partition coefficient (Wildman–Crippen LogP) is 3.47. The van der Waals surface area contributed by atoms with Gasteiger partial charge >= 0.3 is 0 Å². The average Bonchev–Trinajstić information content (AvgIpc) is 3.04. The standard InChI is InChI=1S/C16H19NO2S2/c1-3-17(4-2)16(18)15(13-9-6-5-7-10-13)21(19)14-11-8-12-20-14/h5-12,15H,3-4H2,1-2H3. The summed E-state index contributed by atoms with van der Waals surface area (Å²) in [6.07, 6.45) is 0. The van der Waals surface area contributed by atoms with Gasteiger partial charge < -0.3 is 4.90 Å². The molecule has 5 heteroatoms. The van der Waals surface area contributed by atoms with Crippen LogP contribution in [0.4, 0.5) is 0 Å². The molecular weight excluding hydrogens is 302 g/mol. The van der Waals surface area contributed by atoms with Gasteiger partial charge in [0.25, 0.3) is 0 Å². The lowest BCUT2D eigenvalue weighted by atomic mass is 10.1. The van der Waals surface area contributed by atoms with Crippen molar-refractivity contribution >= 4 is 28.0 Å². The summed E-state index contributed by atoms with van der Waals surface area (Å²) >= 11 is 1.43. The van der Waals surface area contributed by atoms with Crippen LogP contribution >= 0.6 is 11.3 Å². The third-order valence-corrected chi connectivity index (χ3v) is 6.19. The van der Waals surface area contributed by atoms with Gasteiger partial charge in [-0.25, -0.2) is 0 Å². The highest BCUT2D eigenvalue weighted by Gasteiger charge is 2.31. The maximum atomic E-state index is 12.9. The van der Waals surface area contributed by atoms with Crippen LogP contribution in [0.15, 0.2) is 52.1 Å². The summed E-state index contributed by atoms with van der Waals surface area (Å²) in [4.78, 5) is 14.5. The van der Waals surface area contributed by atoms with Crippen LogP contribution in [0.5, 0.6) is 0 Å². The minimum absolute atomic E-state index is 0.0714. The molecule has 0 aliphatic heterocycles. The van der Waals surface area contributed by atoms with E-state index < -0.39 is 16.0 Å². The van der Waals surface area contributed by atoms with E-state index in [4.69, 9.17) is 0 Å². The number of thiophene rings is 1. The molecule has 2 unspecified atom stereocenters. The predicted molar refractivity (Wildman–Crippen MR) is 87.8 cm³/mol. The molecule has 2 atom stereocenters. The molecule has 1 aromatic heterocycles. The van der Waals surface area contributed by atoms with Gasteiger partial charge in [-0.1, -0.05) is 36.4 Å². The van der Waals surface area contributed by atoms with Crippen molar-refractivity contribution in [2.45, 2.75) is 23.3 Å². The van der Waals surface area contributed by atoms with Gasteiger partial charge in [-0.15, -0.1) is 11.3 Å². The molecule has 112 valence electrons. The second-order valence-corrected chi connectivity index (χ2v) is 7.24. The number of hydrogen-bond acceptors (Lipinski definition) is 3. The van der Waals surface area contributed by atoms with Crippen molar-refractivity contribution in [2.24, 2.45) is 0 Å². The molecule has 0 radical (unpaired) electrons. The highest BCUT2D eigenvalue weighted by atomic mass is 32.2. The van der Waals surface area contributed by atoms with Crippen LogP contribution in [-0.4, -0.2) is 28.1 Å². The SMILES string of the molecule is CCN(CC)C(=O)C(c1ccccc1)S(=O)c1cccs1. The number of carbonyl (C=O) groups is 1. The largest absolute Gasteiger partial charge is 0.342 e. The first-order valence-corrected chi connectivity index (χ1v) is 9.06. The van der Waals surface area contributed by atoms with Crippen LogP contribution in [-0.2, 0) is 15.6 Å². The zero-order valence-electron chi connectivity index (χ0n) is 12.2. The summed E-state index contributed by atoms with van der Waals surface area (Å²) in [5.74, 6) is -0.0714. The molecule has 0 aliphatic rings. The lowest BCUT2D eigenvalue weighted by molar-refractivity contribution is -0.130. The maximum absolute atomic E-state index is 12.9. The van der Waals surface area contributed by atoms with Gasteiger partial charge in [0.2, 0.25) is 5.91 Å². The zero-order chi connectivity index (χ0) is 15.2. The average molecular weight is 321 g/mol. The molecule has 0 aliphatic carbocycles. The van der Waals surface area contributed by atoms with Crippen LogP contribution in [0, 0.1) is 0 Å². The van der Waals surface area contributed by atoms with E-state index in [1.807, 2.05) is 61.7 Å². The molecule has 1 amide bonds. The fraction of sp³-hybridized carbons (Fsp3) is 0.312. The second kappa shape index (κ2) is 7.52. The van der Waals surface area contributed by atoms with E-state index in [0.717, 1.165) is 9.77 Å². The Balaban J connectivity index is 2.40. The van der Waals surface area contributed by atoms with Crippen molar-refractivity contribution in [3.05, 3.63) is 53.4 Å². The molecule has 3 nitrogen and oxygen atoms in total.